The molecule has 2 N–H and O–H groups in total. The molecule has 0 saturated carbocycles. The molecule has 24 heavy (non-hydrogen) atoms. The van der Waals surface area contributed by atoms with Crippen LogP contribution in [0.15, 0.2) is 66.6 Å². The second-order valence-corrected chi connectivity index (χ2v) is 5.86. The number of rotatable bonds is 5. The molecule has 0 bridgehead atoms. The van der Waals surface area contributed by atoms with Gasteiger partial charge < -0.3 is 15.2 Å². The van der Waals surface area contributed by atoms with Crippen LogP contribution in [-0.4, -0.2) is 30.6 Å². The Balaban J connectivity index is 1.97. The minimum atomic E-state index is -0.361. The van der Waals surface area contributed by atoms with Crippen LogP contribution in [0.25, 0.3) is 11.1 Å². The van der Waals surface area contributed by atoms with Crippen LogP contribution in [0, 0.1) is 5.92 Å². The summed E-state index contributed by atoms with van der Waals surface area (Å²) in [4.78, 5) is 13.2. The van der Waals surface area contributed by atoms with Gasteiger partial charge in [0.2, 0.25) is 0 Å². The highest BCUT2D eigenvalue weighted by Gasteiger charge is 2.33. The predicted molar refractivity (Wildman–Crippen MR) is 93.4 cm³/mol. The summed E-state index contributed by atoms with van der Waals surface area (Å²) in [6, 6.07) is 17.2. The number of ketones is 1. The number of aliphatic hydroxyl groups is 1. The standard InChI is InChI=1S/C20H21NO3/c1-24-15-11-18(19(13-22)21-12-15)20(23)17-10-6-5-9-16(17)14-7-3-2-4-8-14/h2-10,12,18-19,21-22H,11,13H2,1H3. The Hall–Kier alpha value is -2.59. The van der Waals surface area contributed by atoms with Crippen molar-refractivity contribution in [3.63, 3.8) is 0 Å². The number of carbonyl (C=O) groups excluding carboxylic acids is 1. The second kappa shape index (κ2) is 7.32. The van der Waals surface area contributed by atoms with Gasteiger partial charge in [0.05, 0.1) is 25.7 Å². The first-order valence-corrected chi connectivity index (χ1v) is 8.03. The van der Waals surface area contributed by atoms with E-state index >= 15 is 0 Å². The molecule has 2 unspecified atom stereocenters. The number of Topliss-reactive ketones (excluding diaryl/α,β-unsaturated/α-hetero) is 1. The van der Waals surface area contributed by atoms with E-state index in [2.05, 4.69) is 5.32 Å². The zero-order valence-corrected chi connectivity index (χ0v) is 13.6. The van der Waals surface area contributed by atoms with Crippen LogP contribution in [-0.2, 0) is 4.74 Å². The van der Waals surface area contributed by atoms with Crippen molar-refractivity contribution >= 4 is 5.78 Å². The van der Waals surface area contributed by atoms with E-state index in [1.807, 2.05) is 54.6 Å². The van der Waals surface area contributed by atoms with E-state index in [0.29, 0.717) is 12.0 Å². The molecule has 1 aliphatic heterocycles. The van der Waals surface area contributed by atoms with E-state index in [-0.39, 0.29) is 24.3 Å². The van der Waals surface area contributed by atoms with Gasteiger partial charge in [-0.05, 0) is 11.1 Å². The lowest BCUT2D eigenvalue weighted by Gasteiger charge is -2.30. The Morgan fingerprint density at radius 2 is 1.88 bits per heavy atom. The first-order chi connectivity index (χ1) is 11.7. The van der Waals surface area contributed by atoms with Crippen LogP contribution in [0.2, 0.25) is 0 Å². The van der Waals surface area contributed by atoms with E-state index in [4.69, 9.17) is 4.74 Å². The minimum absolute atomic E-state index is 0.0173. The maximum Gasteiger partial charge on any atom is 0.169 e. The highest BCUT2D eigenvalue weighted by Crippen LogP contribution is 2.30. The molecule has 0 spiro atoms. The molecule has 2 aromatic rings. The Morgan fingerprint density at radius 1 is 1.17 bits per heavy atom. The summed E-state index contributed by atoms with van der Waals surface area (Å²) in [6.07, 6.45) is 2.21. The van der Waals surface area contributed by atoms with Gasteiger partial charge in [0.1, 0.15) is 5.76 Å². The molecule has 0 saturated heterocycles. The molecule has 1 heterocycles. The van der Waals surface area contributed by atoms with Crippen molar-refractivity contribution in [2.24, 2.45) is 5.92 Å². The fourth-order valence-electron chi connectivity index (χ4n) is 3.10. The van der Waals surface area contributed by atoms with Crippen molar-refractivity contribution in [1.82, 2.24) is 5.32 Å². The predicted octanol–water partition coefficient (Wildman–Crippen LogP) is 2.99. The average molecular weight is 323 g/mol. The van der Waals surface area contributed by atoms with Crippen molar-refractivity contribution < 1.29 is 14.6 Å². The molecule has 2 atom stereocenters. The molecular weight excluding hydrogens is 302 g/mol. The third-order valence-electron chi connectivity index (χ3n) is 4.44. The maximum atomic E-state index is 13.2. The number of aliphatic hydroxyl groups excluding tert-OH is 1. The van der Waals surface area contributed by atoms with Gasteiger partial charge in [-0.15, -0.1) is 0 Å². The van der Waals surface area contributed by atoms with Gasteiger partial charge >= 0.3 is 0 Å². The monoisotopic (exact) mass is 323 g/mol. The van der Waals surface area contributed by atoms with Crippen molar-refractivity contribution in [3.8, 4) is 11.1 Å². The van der Waals surface area contributed by atoms with Crippen molar-refractivity contribution in [2.75, 3.05) is 13.7 Å². The van der Waals surface area contributed by atoms with Gasteiger partial charge in [-0.3, -0.25) is 4.79 Å². The Morgan fingerprint density at radius 3 is 2.58 bits per heavy atom. The van der Waals surface area contributed by atoms with Gasteiger partial charge in [-0.1, -0.05) is 54.6 Å². The lowest BCUT2D eigenvalue weighted by atomic mass is 9.83. The largest absolute Gasteiger partial charge is 0.500 e. The molecule has 0 fully saturated rings. The van der Waals surface area contributed by atoms with Crippen molar-refractivity contribution in [3.05, 3.63) is 72.1 Å². The van der Waals surface area contributed by atoms with Gasteiger partial charge in [0, 0.05) is 18.2 Å². The number of allylic oxidation sites excluding steroid dienone is 1. The number of carbonyl (C=O) groups is 1. The summed E-state index contributed by atoms with van der Waals surface area (Å²) in [5, 5.41) is 12.7. The molecule has 3 rings (SSSR count). The van der Waals surface area contributed by atoms with Gasteiger partial charge in [-0.25, -0.2) is 0 Å². The summed E-state index contributed by atoms with van der Waals surface area (Å²) in [5.41, 5.74) is 2.59. The van der Waals surface area contributed by atoms with Crippen molar-refractivity contribution in [1.29, 1.82) is 0 Å². The Bertz CT molecular complexity index is 740. The SMILES string of the molecule is COC1=CNC(CO)C(C(=O)c2ccccc2-c2ccccc2)C1. The first kappa shape index (κ1) is 16.3. The van der Waals surface area contributed by atoms with E-state index in [1.54, 1.807) is 13.3 Å². The first-order valence-electron chi connectivity index (χ1n) is 8.03. The average Bonchev–Trinajstić information content (AvgIpc) is 2.67. The third kappa shape index (κ3) is 3.19. The number of ether oxygens (including phenoxy) is 1. The third-order valence-corrected chi connectivity index (χ3v) is 4.44. The molecule has 0 amide bonds. The molecule has 4 heteroatoms. The maximum absolute atomic E-state index is 13.2. The summed E-state index contributed by atoms with van der Waals surface area (Å²) in [6.45, 7) is -0.0998. The molecule has 1 aliphatic rings. The summed E-state index contributed by atoms with van der Waals surface area (Å²) >= 11 is 0. The van der Waals surface area contributed by atoms with Crippen LogP contribution < -0.4 is 5.32 Å². The lowest BCUT2D eigenvalue weighted by Crippen LogP contribution is -2.43. The zero-order valence-electron chi connectivity index (χ0n) is 13.6. The lowest BCUT2D eigenvalue weighted by molar-refractivity contribution is 0.0821. The molecule has 0 aliphatic carbocycles. The molecule has 0 aromatic heterocycles. The highest BCUT2D eigenvalue weighted by atomic mass is 16.5. The highest BCUT2D eigenvalue weighted by molar-refractivity contribution is 6.04. The molecule has 4 nitrogen and oxygen atoms in total. The number of nitrogens with one attached hydrogen (secondary N) is 1. The number of benzene rings is 2. The van der Waals surface area contributed by atoms with E-state index in [1.165, 1.54) is 0 Å². The number of hydrogen-bond acceptors (Lipinski definition) is 4. The summed E-state index contributed by atoms with van der Waals surface area (Å²) in [7, 11) is 1.59. The Kier molecular flexibility index (Phi) is 4.96. The van der Waals surface area contributed by atoms with Crippen LogP contribution in [0.4, 0.5) is 0 Å². The van der Waals surface area contributed by atoms with Gasteiger partial charge in [0.25, 0.3) is 0 Å². The summed E-state index contributed by atoms with van der Waals surface area (Å²) in [5.74, 6) is 0.374. The molecule has 0 radical (unpaired) electrons. The van der Waals surface area contributed by atoms with Crippen LogP contribution in [0.3, 0.4) is 0 Å². The van der Waals surface area contributed by atoms with E-state index in [0.717, 1.165) is 16.9 Å². The van der Waals surface area contributed by atoms with Crippen LogP contribution in [0.1, 0.15) is 16.8 Å². The van der Waals surface area contributed by atoms with Crippen LogP contribution >= 0.6 is 0 Å². The smallest absolute Gasteiger partial charge is 0.169 e. The second-order valence-electron chi connectivity index (χ2n) is 5.86. The Labute approximate surface area is 141 Å². The minimum Gasteiger partial charge on any atom is -0.500 e. The van der Waals surface area contributed by atoms with Crippen LogP contribution in [0.5, 0.6) is 0 Å². The fraction of sp³-hybridized carbons (Fsp3) is 0.250. The normalized spacial score (nSPS) is 20.0. The van der Waals surface area contributed by atoms with Gasteiger partial charge in [-0.2, -0.15) is 0 Å². The van der Waals surface area contributed by atoms with Gasteiger partial charge in [0.15, 0.2) is 5.78 Å². The number of methoxy groups -OCH3 is 1. The van der Waals surface area contributed by atoms with E-state index in [9.17, 15) is 9.90 Å². The van der Waals surface area contributed by atoms with Crippen molar-refractivity contribution in [2.45, 2.75) is 12.5 Å². The number of hydrogen-bond donors (Lipinski definition) is 2. The topological polar surface area (TPSA) is 58.6 Å². The molecular formula is C20H21NO3. The molecule has 124 valence electrons. The fourth-order valence-corrected chi connectivity index (χ4v) is 3.10. The summed E-state index contributed by atoms with van der Waals surface area (Å²) < 4.78 is 5.28. The quantitative estimate of drug-likeness (QED) is 0.831. The zero-order chi connectivity index (χ0) is 16.9. The van der Waals surface area contributed by atoms with E-state index < -0.39 is 0 Å². The molecule has 2 aromatic carbocycles.